The molecule has 0 radical (unpaired) electrons. The van der Waals surface area contributed by atoms with E-state index >= 15 is 0 Å². The quantitative estimate of drug-likeness (QED) is 0.629. The lowest BCUT2D eigenvalue weighted by molar-refractivity contribution is 0.260. The molecule has 0 aliphatic carbocycles. The average molecular weight is 137 g/mol. The molecule has 0 amide bonds. The summed E-state index contributed by atoms with van der Waals surface area (Å²) in [5.41, 5.74) is 0.838. The highest BCUT2D eigenvalue weighted by Crippen LogP contribution is 2.08. The number of benzene rings is 1. The minimum Gasteiger partial charge on any atom is -0.288 e. The fourth-order valence-corrected chi connectivity index (χ4v) is 0.783. The van der Waals surface area contributed by atoms with Crippen LogP contribution in [0, 0.1) is 0 Å². The molecule has 54 valence electrons. The van der Waals surface area contributed by atoms with Crippen molar-refractivity contribution in [2.45, 2.75) is 6.92 Å². The number of hydroxylamine groups is 1. The first-order chi connectivity index (χ1) is 4.84. The Morgan fingerprint density at radius 2 is 1.90 bits per heavy atom. The maximum absolute atomic E-state index is 9.16. The number of hydrogen-bond acceptors (Lipinski definition) is 2. The summed E-state index contributed by atoms with van der Waals surface area (Å²) in [6, 6.07) is 9.45. The summed E-state index contributed by atoms with van der Waals surface area (Å²) in [6.07, 6.45) is 0. The van der Waals surface area contributed by atoms with Gasteiger partial charge in [0, 0.05) is 6.54 Å². The Morgan fingerprint density at radius 3 is 2.40 bits per heavy atom. The summed E-state index contributed by atoms with van der Waals surface area (Å²) >= 11 is 0. The van der Waals surface area contributed by atoms with E-state index in [0.29, 0.717) is 6.54 Å². The van der Waals surface area contributed by atoms with Gasteiger partial charge in [-0.1, -0.05) is 18.2 Å². The van der Waals surface area contributed by atoms with Crippen molar-refractivity contribution in [3.8, 4) is 0 Å². The molecular weight excluding hydrogens is 126 g/mol. The van der Waals surface area contributed by atoms with Crippen molar-refractivity contribution in [2.24, 2.45) is 0 Å². The van der Waals surface area contributed by atoms with E-state index in [1.165, 1.54) is 5.06 Å². The number of hydrogen-bond donors (Lipinski definition) is 1. The second-order valence-corrected chi connectivity index (χ2v) is 2.05. The van der Waals surface area contributed by atoms with E-state index in [2.05, 4.69) is 0 Å². The minimum absolute atomic E-state index is 0.615. The van der Waals surface area contributed by atoms with Crippen LogP contribution in [0.25, 0.3) is 0 Å². The van der Waals surface area contributed by atoms with Crippen molar-refractivity contribution in [1.82, 2.24) is 0 Å². The Labute approximate surface area is 60.7 Å². The Balaban J connectivity index is 2.75. The van der Waals surface area contributed by atoms with E-state index < -0.39 is 0 Å². The third-order valence-electron chi connectivity index (χ3n) is 1.35. The number of rotatable bonds is 2. The minimum atomic E-state index is 0.615. The first-order valence-electron chi connectivity index (χ1n) is 3.36. The molecule has 2 heteroatoms. The molecule has 0 saturated heterocycles. The standard InChI is InChI=1S/C8H11NO/c1-2-9(10)8-6-4-3-5-7-8/h3-7,10H,2H2,1H3. The summed E-state index contributed by atoms with van der Waals surface area (Å²) in [5.74, 6) is 0. The second-order valence-electron chi connectivity index (χ2n) is 2.05. The van der Waals surface area contributed by atoms with Crippen molar-refractivity contribution in [1.29, 1.82) is 0 Å². The van der Waals surface area contributed by atoms with E-state index in [0.717, 1.165) is 5.69 Å². The molecule has 0 aromatic heterocycles. The molecule has 0 aliphatic heterocycles. The highest BCUT2D eigenvalue weighted by Gasteiger charge is 1.94. The van der Waals surface area contributed by atoms with Crippen molar-refractivity contribution in [2.75, 3.05) is 11.6 Å². The molecular formula is C8H11NO. The molecule has 10 heavy (non-hydrogen) atoms. The van der Waals surface area contributed by atoms with Gasteiger partial charge in [0.2, 0.25) is 0 Å². The molecule has 1 aromatic carbocycles. The first-order valence-corrected chi connectivity index (χ1v) is 3.36. The lowest BCUT2D eigenvalue weighted by atomic mass is 10.3. The van der Waals surface area contributed by atoms with Gasteiger partial charge in [0.15, 0.2) is 0 Å². The van der Waals surface area contributed by atoms with Gasteiger partial charge in [0.05, 0.1) is 5.69 Å². The van der Waals surface area contributed by atoms with Crippen LogP contribution >= 0.6 is 0 Å². The Hall–Kier alpha value is -1.02. The predicted octanol–water partition coefficient (Wildman–Crippen LogP) is 1.90. The lowest BCUT2D eigenvalue weighted by Gasteiger charge is -2.12. The lowest BCUT2D eigenvalue weighted by Crippen LogP contribution is -2.16. The highest BCUT2D eigenvalue weighted by molar-refractivity contribution is 5.42. The summed E-state index contributed by atoms with van der Waals surface area (Å²) in [6.45, 7) is 2.51. The summed E-state index contributed by atoms with van der Waals surface area (Å²) in [7, 11) is 0. The van der Waals surface area contributed by atoms with Gasteiger partial charge in [-0.15, -0.1) is 0 Å². The number of anilines is 1. The third-order valence-corrected chi connectivity index (χ3v) is 1.35. The van der Waals surface area contributed by atoms with Crippen LogP contribution < -0.4 is 5.06 Å². The first kappa shape index (κ1) is 7.09. The SMILES string of the molecule is CCN(O)c1ccccc1. The predicted molar refractivity (Wildman–Crippen MR) is 41.2 cm³/mol. The van der Waals surface area contributed by atoms with Crippen LogP contribution in [0.4, 0.5) is 5.69 Å². The normalized spacial score (nSPS) is 9.40. The summed E-state index contributed by atoms with van der Waals surface area (Å²) in [5, 5.41) is 10.4. The van der Waals surface area contributed by atoms with E-state index in [1.54, 1.807) is 0 Å². The monoisotopic (exact) mass is 137 g/mol. The van der Waals surface area contributed by atoms with Gasteiger partial charge in [0.1, 0.15) is 0 Å². The van der Waals surface area contributed by atoms with Gasteiger partial charge in [0.25, 0.3) is 0 Å². The van der Waals surface area contributed by atoms with Gasteiger partial charge in [-0.3, -0.25) is 10.3 Å². The van der Waals surface area contributed by atoms with E-state index in [9.17, 15) is 0 Å². The van der Waals surface area contributed by atoms with Crippen LogP contribution in [0.15, 0.2) is 30.3 Å². The van der Waals surface area contributed by atoms with Gasteiger partial charge in [-0.05, 0) is 19.1 Å². The molecule has 1 rings (SSSR count). The van der Waals surface area contributed by atoms with Crippen LogP contribution in [0.5, 0.6) is 0 Å². The molecule has 0 bridgehead atoms. The van der Waals surface area contributed by atoms with Crippen LogP contribution in [-0.2, 0) is 0 Å². The summed E-state index contributed by atoms with van der Waals surface area (Å²) < 4.78 is 0. The molecule has 0 heterocycles. The number of nitrogens with zero attached hydrogens (tertiary/aromatic N) is 1. The average Bonchev–Trinajstić information content (AvgIpc) is 2.05. The Morgan fingerprint density at radius 1 is 1.30 bits per heavy atom. The second kappa shape index (κ2) is 3.22. The molecule has 0 atom stereocenters. The van der Waals surface area contributed by atoms with Crippen LogP contribution in [0.3, 0.4) is 0 Å². The van der Waals surface area contributed by atoms with E-state index in [4.69, 9.17) is 5.21 Å². The number of para-hydroxylation sites is 1. The zero-order valence-corrected chi connectivity index (χ0v) is 5.99. The maximum atomic E-state index is 9.16. The van der Waals surface area contributed by atoms with Crippen LogP contribution in [0.1, 0.15) is 6.92 Å². The topological polar surface area (TPSA) is 23.5 Å². The molecule has 1 aromatic rings. The smallest absolute Gasteiger partial charge is 0.0633 e. The molecule has 2 nitrogen and oxygen atoms in total. The van der Waals surface area contributed by atoms with Gasteiger partial charge < -0.3 is 0 Å². The van der Waals surface area contributed by atoms with Crippen molar-refractivity contribution in [3.05, 3.63) is 30.3 Å². The molecule has 0 saturated carbocycles. The van der Waals surface area contributed by atoms with Gasteiger partial charge in [-0.25, -0.2) is 0 Å². The maximum Gasteiger partial charge on any atom is 0.0633 e. The zero-order valence-electron chi connectivity index (χ0n) is 5.99. The zero-order chi connectivity index (χ0) is 7.40. The molecule has 1 N–H and O–H groups in total. The van der Waals surface area contributed by atoms with Crippen LogP contribution in [-0.4, -0.2) is 11.8 Å². The van der Waals surface area contributed by atoms with Crippen LogP contribution in [0.2, 0.25) is 0 Å². The molecule has 0 spiro atoms. The Bertz CT molecular complexity index is 186. The molecule has 0 aliphatic rings. The van der Waals surface area contributed by atoms with E-state index in [-0.39, 0.29) is 0 Å². The highest BCUT2D eigenvalue weighted by atomic mass is 16.5. The molecule has 0 fully saturated rings. The molecule has 0 unspecified atom stereocenters. The third kappa shape index (κ3) is 1.48. The largest absolute Gasteiger partial charge is 0.288 e. The fourth-order valence-electron chi connectivity index (χ4n) is 0.783. The Kier molecular flexibility index (Phi) is 2.29. The van der Waals surface area contributed by atoms with Crippen molar-refractivity contribution < 1.29 is 5.21 Å². The van der Waals surface area contributed by atoms with Gasteiger partial charge in [-0.2, -0.15) is 0 Å². The van der Waals surface area contributed by atoms with Crippen molar-refractivity contribution in [3.63, 3.8) is 0 Å². The van der Waals surface area contributed by atoms with Crippen molar-refractivity contribution >= 4 is 5.69 Å². The summed E-state index contributed by atoms with van der Waals surface area (Å²) in [4.78, 5) is 0. The van der Waals surface area contributed by atoms with Gasteiger partial charge >= 0.3 is 0 Å². The van der Waals surface area contributed by atoms with E-state index in [1.807, 2.05) is 37.3 Å². The fraction of sp³-hybridized carbons (Fsp3) is 0.250.